The van der Waals surface area contributed by atoms with E-state index in [9.17, 15) is 5.11 Å². The van der Waals surface area contributed by atoms with Crippen LogP contribution in [-0.2, 0) is 6.54 Å². The highest BCUT2D eigenvalue weighted by molar-refractivity contribution is 5.29. The Labute approximate surface area is 102 Å². The van der Waals surface area contributed by atoms with Crippen molar-refractivity contribution in [2.75, 3.05) is 18.8 Å². The SMILES string of the molecule is Cc1cc(N)nc(CN2CCC(O)C(C)C2)n1. The van der Waals surface area contributed by atoms with E-state index in [4.69, 9.17) is 5.73 Å². The zero-order chi connectivity index (χ0) is 12.4. The van der Waals surface area contributed by atoms with Crippen LogP contribution in [0.15, 0.2) is 6.07 Å². The number of aromatic nitrogens is 2. The van der Waals surface area contributed by atoms with Crippen molar-refractivity contribution in [2.45, 2.75) is 32.9 Å². The minimum atomic E-state index is -0.172. The average molecular weight is 236 g/mol. The highest BCUT2D eigenvalue weighted by atomic mass is 16.3. The zero-order valence-corrected chi connectivity index (χ0v) is 10.4. The summed E-state index contributed by atoms with van der Waals surface area (Å²) in [7, 11) is 0. The van der Waals surface area contributed by atoms with Gasteiger partial charge in [0.05, 0.1) is 12.6 Å². The zero-order valence-electron chi connectivity index (χ0n) is 10.4. The number of anilines is 1. The maximum atomic E-state index is 9.67. The summed E-state index contributed by atoms with van der Waals surface area (Å²) in [6.45, 7) is 6.48. The van der Waals surface area contributed by atoms with Crippen LogP contribution in [-0.4, -0.2) is 39.2 Å². The molecule has 17 heavy (non-hydrogen) atoms. The maximum absolute atomic E-state index is 9.67. The Morgan fingerprint density at radius 2 is 2.29 bits per heavy atom. The lowest BCUT2D eigenvalue weighted by Gasteiger charge is -2.33. The molecule has 1 aromatic rings. The van der Waals surface area contributed by atoms with Gasteiger partial charge in [-0.1, -0.05) is 6.92 Å². The number of nitrogen functional groups attached to an aromatic ring is 1. The van der Waals surface area contributed by atoms with E-state index in [1.165, 1.54) is 0 Å². The van der Waals surface area contributed by atoms with Gasteiger partial charge in [-0.25, -0.2) is 9.97 Å². The number of likely N-dealkylation sites (tertiary alicyclic amines) is 1. The second-order valence-corrected chi connectivity index (χ2v) is 4.92. The molecule has 0 aliphatic carbocycles. The molecule has 0 aromatic carbocycles. The fourth-order valence-corrected chi connectivity index (χ4v) is 2.29. The lowest BCUT2D eigenvalue weighted by Crippen LogP contribution is -2.41. The number of aryl methyl sites for hydroxylation is 1. The Hall–Kier alpha value is -1.20. The number of aliphatic hydroxyl groups excluding tert-OH is 1. The van der Waals surface area contributed by atoms with E-state index in [1.54, 1.807) is 6.07 Å². The van der Waals surface area contributed by atoms with E-state index in [2.05, 4.69) is 21.8 Å². The molecular formula is C12H20N4O. The molecule has 0 radical (unpaired) electrons. The van der Waals surface area contributed by atoms with Crippen LogP contribution in [0.3, 0.4) is 0 Å². The van der Waals surface area contributed by atoms with Gasteiger partial charge in [-0.05, 0) is 19.3 Å². The van der Waals surface area contributed by atoms with Gasteiger partial charge >= 0.3 is 0 Å². The summed E-state index contributed by atoms with van der Waals surface area (Å²) in [5, 5.41) is 9.67. The number of hydrogen-bond donors (Lipinski definition) is 2. The summed E-state index contributed by atoms with van der Waals surface area (Å²) < 4.78 is 0. The van der Waals surface area contributed by atoms with Crippen LogP contribution in [0.25, 0.3) is 0 Å². The minimum absolute atomic E-state index is 0.172. The highest BCUT2D eigenvalue weighted by Crippen LogP contribution is 2.18. The third kappa shape index (κ3) is 3.14. The number of rotatable bonds is 2. The number of piperidine rings is 1. The van der Waals surface area contributed by atoms with Gasteiger partial charge < -0.3 is 10.8 Å². The van der Waals surface area contributed by atoms with E-state index in [-0.39, 0.29) is 6.10 Å². The topological polar surface area (TPSA) is 75.3 Å². The number of hydrogen-bond acceptors (Lipinski definition) is 5. The highest BCUT2D eigenvalue weighted by Gasteiger charge is 2.24. The Morgan fingerprint density at radius 1 is 1.53 bits per heavy atom. The van der Waals surface area contributed by atoms with E-state index >= 15 is 0 Å². The van der Waals surface area contributed by atoms with Crippen LogP contribution in [0.2, 0.25) is 0 Å². The quantitative estimate of drug-likeness (QED) is 0.785. The van der Waals surface area contributed by atoms with Crippen LogP contribution in [0.5, 0.6) is 0 Å². The molecule has 2 rings (SSSR count). The second kappa shape index (κ2) is 4.98. The standard InChI is InChI=1S/C12H20N4O/c1-8-6-16(4-3-10(8)17)7-12-14-9(2)5-11(13)15-12/h5,8,10,17H,3-4,6-7H2,1-2H3,(H2,13,14,15). The summed E-state index contributed by atoms with van der Waals surface area (Å²) >= 11 is 0. The van der Waals surface area contributed by atoms with Crippen LogP contribution in [0.4, 0.5) is 5.82 Å². The fraction of sp³-hybridized carbons (Fsp3) is 0.667. The van der Waals surface area contributed by atoms with Crippen LogP contribution in [0.1, 0.15) is 24.9 Å². The third-order valence-corrected chi connectivity index (χ3v) is 3.23. The van der Waals surface area contributed by atoms with Gasteiger partial charge in [0.1, 0.15) is 11.6 Å². The molecular weight excluding hydrogens is 216 g/mol. The van der Waals surface area contributed by atoms with E-state index in [0.717, 1.165) is 31.0 Å². The Balaban J connectivity index is 2.01. The predicted molar refractivity (Wildman–Crippen MR) is 66.2 cm³/mol. The normalized spacial score (nSPS) is 26.1. The van der Waals surface area contributed by atoms with Gasteiger partial charge in [-0.2, -0.15) is 0 Å². The van der Waals surface area contributed by atoms with Crippen molar-refractivity contribution in [3.05, 3.63) is 17.6 Å². The average Bonchev–Trinajstić information content (AvgIpc) is 2.22. The van der Waals surface area contributed by atoms with Crippen molar-refractivity contribution < 1.29 is 5.11 Å². The predicted octanol–water partition coefficient (Wildman–Crippen LogP) is 0.570. The molecule has 1 saturated heterocycles. The Bertz CT molecular complexity index is 376. The van der Waals surface area contributed by atoms with Crippen LogP contribution >= 0.6 is 0 Å². The first-order chi connectivity index (χ1) is 8.04. The summed E-state index contributed by atoms with van der Waals surface area (Å²) in [5.41, 5.74) is 6.60. The molecule has 2 unspecified atom stereocenters. The second-order valence-electron chi connectivity index (χ2n) is 4.92. The van der Waals surface area contributed by atoms with Gasteiger partial charge in [-0.3, -0.25) is 4.90 Å². The maximum Gasteiger partial charge on any atom is 0.144 e. The molecule has 1 aliphatic heterocycles. The van der Waals surface area contributed by atoms with Crippen molar-refractivity contribution >= 4 is 5.82 Å². The largest absolute Gasteiger partial charge is 0.393 e. The van der Waals surface area contributed by atoms with Gasteiger partial charge in [0.15, 0.2) is 0 Å². The molecule has 0 spiro atoms. The minimum Gasteiger partial charge on any atom is -0.393 e. The molecule has 2 heterocycles. The van der Waals surface area contributed by atoms with Crippen molar-refractivity contribution in [1.82, 2.24) is 14.9 Å². The lowest BCUT2D eigenvalue weighted by molar-refractivity contribution is 0.0310. The number of nitrogens with two attached hydrogens (primary N) is 1. The molecule has 5 nitrogen and oxygen atoms in total. The molecule has 3 N–H and O–H groups in total. The van der Waals surface area contributed by atoms with Crippen molar-refractivity contribution in [1.29, 1.82) is 0 Å². The Morgan fingerprint density at radius 3 is 2.94 bits per heavy atom. The van der Waals surface area contributed by atoms with Crippen molar-refractivity contribution in [3.63, 3.8) is 0 Å². The molecule has 0 amide bonds. The number of aliphatic hydroxyl groups is 1. The van der Waals surface area contributed by atoms with Gasteiger partial charge in [0.25, 0.3) is 0 Å². The van der Waals surface area contributed by atoms with Gasteiger partial charge in [-0.15, -0.1) is 0 Å². The molecule has 94 valence electrons. The van der Waals surface area contributed by atoms with Crippen molar-refractivity contribution in [2.24, 2.45) is 5.92 Å². The first kappa shape index (κ1) is 12.3. The fourth-order valence-electron chi connectivity index (χ4n) is 2.29. The molecule has 1 aromatic heterocycles. The molecule has 1 fully saturated rings. The molecule has 2 atom stereocenters. The number of nitrogens with zero attached hydrogens (tertiary/aromatic N) is 3. The van der Waals surface area contributed by atoms with Crippen LogP contribution in [0, 0.1) is 12.8 Å². The first-order valence-electron chi connectivity index (χ1n) is 6.05. The summed E-state index contributed by atoms with van der Waals surface area (Å²) in [4.78, 5) is 10.9. The third-order valence-electron chi connectivity index (χ3n) is 3.23. The van der Waals surface area contributed by atoms with E-state index < -0.39 is 0 Å². The molecule has 0 saturated carbocycles. The van der Waals surface area contributed by atoms with Gasteiger partial charge in [0, 0.05) is 24.8 Å². The smallest absolute Gasteiger partial charge is 0.144 e. The Kier molecular flexibility index (Phi) is 3.59. The summed E-state index contributed by atoms with van der Waals surface area (Å²) in [5.74, 6) is 1.61. The van der Waals surface area contributed by atoms with Crippen molar-refractivity contribution in [3.8, 4) is 0 Å². The van der Waals surface area contributed by atoms with Gasteiger partial charge in [0.2, 0.25) is 0 Å². The van der Waals surface area contributed by atoms with E-state index in [0.29, 0.717) is 18.3 Å². The lowest BCUT2D eigenvalue weighted by atomic mass is 9.97. The molecule has 0 bridgehead atoms. The molecule has 5 heteroatoms. The summed E-state index contributed by atoms with van der Waals surface area (Å²) in [6, 6.07) is 1.77. The monoisotopic (exact) mass is 236 g/mol. The summed E-state index contributed by atoms with van der Waals surface area (Å²) in [6.07, 6.45) is 0.650. The van der Waals surface area contributed by atoms with E-state index in [1.807, 2.05) is 6.92 Å². The molecule has 1 aliphatic rings. The van der Waals surface area contributed by atoms with Crippen LogP contribution < -0.4 is 5.73 Å². The first-order valence-corrected chi connectivity index (χ1v) is 6.05.